The van der Waals surface area contributed by atoms with Crippen LogP contribution in [-0.4, -0.2) is 49.3 Å². The molecule has 10 heteroatoms. The third kappa shape index (κ3) is 48.2. The fraction of sp³-hybridized carbons (Fsp3) is 0.923. The maximum atomic E-state index is 12.7. The van der Waals surface area contributed by atoms with Crippen molar-refractivity contribution in [3.63, 3.8) is 0 Å². The van der Waals surface area contributed by atoms with Crippen molar-refractivity contribution in [1.82, 2.24) is 0 Å². The van der Waals surface area contributed by atoms with Crippen LogP contribution in [0.2, 0.25) is 0 Å². The van der Waals surface area contributed by atoms with E-state index in [9.17, 15) is 19.0 Å². The minimum absolute atomic E-state index is 0.0567. The highest BCUT2D eigenvalue weighted by atomic mass is 31.2. The molecule has 9 nitrogen and oxygen atoms in total. The number of ether oxygens (including phenoxy) is 2. The summed E-state index contributed by atoms with van der Waals surface area (Å²) in [5.41, 5.74) is 5.37. The van der Waals surface area contributed by atoms with E-state index in [4.69, 9.17) is 24.3 Å². The Hall–Kier alpha value is -1.25. The third-order valence-corrected chi connectivity index (χ3v) is 12.9. The molecule has 0 saturated heterocycles. The largest absolute Gasteiger partial charge is 0.472 e. The van der Waals surface area contributed by atoms with Crippen LogP contribution >= 0.6 is 7.82 Å². The summed E-state index contributed by atoms with van der Waals surface area (Å²) in [7, 11) is -4.38. The number of esters is 2. The van der Waals surface area contributed by atoms with Gasteiger partial charge in [0, 0.05) is 19.4 Å². The van der Waals surface area contributed by atoms with E-state index < -0.39 is 26.5 Å². The number of unbranched alkanes of at least 4 members (excludes halogenated alkanes) is 36. The molecule has 2 unspecified atom stereocenters. The lowest BCUT2D eigenvalue weighted by molar-refractivity contribution is -0.161. The Morgan fingerprint density at radius 2 is 0.790 bits per heavy atom. The molecule has 0 amide bonds. The van der Waals surface area contributed by atoms with Crippen molar-refractivity contribution in [1.29, 1.82) is 0 Å². The van der Waals surface area contributed by atoms with Crippen LogP contribution in [0.1, 0.15) is 277 Å². The molecule has 0 fully saturated rings. The maximum Gasteiger partial charge on any atom is 0.472 e. The van der Waals surface area contributed by atoms with Crippen molar-refractivity contribution in [3.8, 4) is 0 Å². The topological polar surface area (TPSA) is 134 Å². The molecule has 3 N–H and O–H groups in total. The SMILES string of the molecule is CCCCCCCCCC/C=C\CCCCCCCCCCCCCC(=O)OC(COC(=O)CCCCCCCCCCCCCCCCCCCC)COP(=O)(O)OCCN. The predicted molar refractivity (Wildman–Crippen MR) is 261 cm³/mol. The second kappa shape index (κ2) is 49.2. The van der Waals surface area contributed by atoms with E-state index in [2.05, 4.69) is 26.0 Å². The summed E-state index contributed by atoms with van der Waals surface area (Å²) in [6.45, 7) is 3.80. The minimum atomic E-state index is -4.38. The van der Waals surface area contributed by atoms with Gasteiger partial charge >= 0.3 is 19.8 Å². The molecule has 368 valence electrons. The van der Waals surface area contributed by atoms with Crippen LogP contribution in [-0.2, 0) is 32.7 Å². The third-order valence-electron chi connectivity index (χ3n) is 11.9. The Kier molecular flexibility index (Phi) is 48.2. The zero-order chi connectivity index (χ0) is 45.3. The summed E-state index contributed by atoms with van der Waals surface area (Å²) >= 11 is 0. The van der Waals surface area contributed by atoms with Gasteiger partial charge in [-0.15, -0.1) is 0 Å². The summed E-state index contributed by atoms with van der Waals surface area (Å²) in [4.78, 5) is 35.1. The van der Waals surface area contributed by atoms with Gasteiger partial charge in [-0.25, -0.2) is 4.57 Å². The summed E-state index contributed by atoms with van der Waals surface area (Å²) in [6.07, 6.45) is 53.9. The van der Waals surface area contributed by atoms with Crippen molar-refractivity contribution in [3.05, 3.63) is 12.2 Å². The van der Waals surface area contributed by atoms with Gasteiger partial charge in [-0.2, -0.15) is 0 Å². The fourth-order valence-electron chi connectivity index (χ4n) is 7.93. The monoisotopic (exact) mass is 900 g/mol. The predicted octanol–water partition coefficient (Wildman–Crippen LogP) is 16.1. The fourth-order valence-corrected chi connectivity index (χ4v) is 8.69. The van der Waals surface area contributed by atoms with E-state index in [1.54, 1.807) is 0 Å². The van der Waals surface area contributed by atoms with Gasteiger partial charge in [0.2, 0.25) is 0 Å². The van der Waals surface area contributed by atoms with Crippen LogP contribution in [0.4, 0.5) is 0 Å². The molecule has 0 spiro atoms. The maximum absolute atomic E-state index is 12.7. The van der Waals surface area contributed by atoms with E-state index in [1.165, 1.54) is 212 Å². The first-order chi connectivity index (χ1) is 30.3. The first kappa shape index (κ1) is 60.8. The molecule has 0 saturated carbocycles. The normalized spacial score (nSPS) is 13.2. The highest BCUT2D eigenvalue weighted by Gasteiger charge is 2.26. The Morgan fingerprint density at radius 1 is 0.468 bits per heavy atom. The van der Waals surface area contributed by atoms with Crippen LogP contribution in [0.5, 0.6) is 0 Å². The molecule has 0 rings (SSSR count). The average molecular weight is 900 g/mol. The second-order valence-corrected chi connectivity index (χ2v) is 19.6. The lowest BCUT2D eigenvalue weighted by atomic mass is 10.0. The lowest BCUT2D eigenvalue weighted by Gasteiger charge is -2.19. The average Bonchev–Trinajstić information content (AvgIpc) is 3.26. The number of phosphoric acid groups is 1. The number of carbonyl (C=O) groups is 2. The summed E-state index contributed by atoms with van der Waals surface area (Å²) in [5.74, 6) is -0.811. The zero-order valence-corrected chi connectivity index (χ0v) is 41.8. The van der Waals surface area contributed by atoms with Gasteiger partial charge < -0.3 is 20.1 Å². The number of hydrogen-bond acceptors (Lipinski definition) is 8. The minimum Gasteiger partial charge on any atom is -0.462 e. The standard InChI is InChI=1S/C52H102NO8P/c1-3-5-7-9-11-13-15-17-19-21-23-24-25-26-27-29-31-33-35-37-39-41-43-45-52(55)61-50(49-60-62(56,57)59-47-46-53)48-58-51(54)44-42-40-38-36-34-32-30-28-22-20-18-16-14-12-10-8-6-4-2/h21,23,50H,3-20,22,24-49,53H2,1-2H3,(H,56,57)/b23-21-. The highest BCUT2D eigenvalue weighted by molar-refractivity contribution is 7.47. The van der Waals surface area contributed by atoms with E-state index >= 15 is 0 Å². The zero-order valence-electron chi connectivity index (χ0n) is 40.9. The van der Waals surface area contributed by atoms with Crippen LogP contribution < -0.4 is 5.73 Å². The van der Waals surface area contributed by atoms with Crippen molar-refractivity contribution in [2.75, 3.05) is 26.4 Å². The van der Waals surface area contributed by atoms with Gasteiger partial charge in [0.1, 0.15) is 6.61 Å². The van der Waals surface area contributed by atoms with Gasteiger partial charge in [0.15, 0.2) is 6.10 Å². The van der Waals surface area contributed by atoms with Crippen LogP contribution in [0, 0.1) is 0 Å². The van der Waals surface area contributed by atoms with Crippen molar-refractivity contribution in [2.45, 2.75) is 283 Å². The van der Waals surface area contributed by atoms with E-state index in [-0.39, 0.29) is 38.6 Å². The Morgan fingerprint density at radius 3 is 1.15 bits per heavy atom. The van der Waals surface area contributed by atoms with Gasteiger partial charge in [0.05, 0.1) is 13.2 Å². The number of nitrogens with two attached hydrogens (primary N) is 1. The van der Waals surface area contributed by atoms with Crippen molar-refractivity contribution >= 4 is 19.8 Å². The van der Waals surface area contributed by atoms with E-state index in [0.29, 0.717) is 6.42 Å². The van der Waals surface area contributed by atoms with Gasteiger partial charge in [-0.05, 0) is 38.5 Å². The molecule has 0 heterocycles. The number of allylic oxidation sites excluding steroid dienone is 2. The smallest absolute Gasteiger partial charge is 0.462 e. The molecule has 2 atom stereocenters. The molecular weight excluding hydrogens is 798 g/mol. The van der Waals surface area contributed by atoms with Crippen LogP contribution in [0.25, 0.3) is 0 Å². The second-order valence-electron chi connectivity index (χ2n) is 18.1. The molecule has 0 aromatic carbocycles. The molecular formula is C52H102NO8P. The molecule has 0 aromatic rings. The molecule has 0 bridgehead atoms. The molecule has 0 aliphatic heterocycles. The number of carbonyl (C=O) groups excluding carboxylic acids is 2. The number of hydrogen-bond donors (Lipinski definition) is 2. The summed E-state index contributed by atoms with van der Waals surface area (Å²) in [5, 5.41) is 0. The van der Waals surface area contributed by atoms with Crippen molar-refractivity contribution in [2.24, 2.45) is 5.73 Å². The molecule has 0 aliphatic carbocycles. The lowest BCUT2D eigenvalue weighted by Crippen LogP contribution is -2.29. The molecule has 62 heavy (non-hydrogen) atoms. The van der Waals surface area contributed by atoms with E-state index in [0.717, 1.165) is 32.1 Å². The quantitative estimate of drug-likeness (QED) is 0.0265. The van der Waals surface area contributed by atoms with Gasteiger partial charge in [0.25, 0.3) is 0 Å². The van der Waals surface area contributed by atoms with Crippen LogP contribution in [0.3, 0.4) is 0 Å². The number of rotatable bonds is 51. The van der Waals surface area contributed by atoms with Gasteiger partial charge in [-0.1, -0.05) is 238 Å². The number of phosphoric ester groups is 1. The Bertz CT molecular complexity index is 1030. The molecule has 0 aromatic heterocycles. The van der Waals surface area contributed by atoms with E-state index in [1.807, 2.05) is 0 Å². The first-order valence-corrected chi connectivity index (χ1v) is 28.2. The summed E-state index contributed by atoms with van der Waals surface area (Å²) < 4.78 is 33.0. The molecule has 0 radical (unpaired) electrons. The first-order valence-electron chi connectivity index (χ1n) is 26.7. The summed E-state index contributed by atoms with van der Waals surface area (Å²) in [6, 6.07) is 0. The van der Waals surface area contributed by atoms with Crippen LogP contribution in [0.15, 0.2) is 12.2 Å². The van der Waals surface area contributed by atoms with Crippen molar-refractivity contribution < 1.29 is 37.6 Å². The Balaban J connectivity index is 3.98. The van der Waals surface area contributed by atoms with Gasteiger partial charge in [-0.3, -0.25) is 18.6 Å². The highest BCUT2D eigenvalue weighted by Crippen LogP contribution is 2.43. The Labute approximate surface area is 383 Å². The molecule has 0 aliphatic rings.